The highest BCUT2D eigenvalue weighted by molar-refractivity contribution is 9.10. The fourth-order valence-corrected chi connectivity index (χ4v) is 3.89. The van der Waals surface area contributed by atoms with E-state index in [2.05, 4.69) is 26.2 Å². The third-order valence-corrected chi connectivity index (χ3v) is 5.69. The molecule has 2 aromatic heterocycles. The number of anilines is 1. The highest BCUT2D eigenvalue weighted by Crippen LogP contribution is 2.30. The summed E-state index contributed by atoms with van der Waals surface area (Å²) in [7, 11) is 1.59. The monoisotopic (exact) mass is 479 g/mol. The van der Waals surface area contributed by atoms with Crippen LogP contribution in [0.5, 0.6) is 5.75 Å². The molecule has 0 radical (unpaired) electrons. The lowest BCUT2D eigenvalue weighted by molar-refractivity contribution is -0.112. The van der Waals surface area contributed by atoms with Gasteiger partial charge < -0.3 is 9.15 Å². The van der Waals surface area contributed by atoms with Crippen LogP contribution in [0.1, 0.15) is 5.76 Å². The van der Waals surface area contributed by atoms with E-state index >= 15 is 0 Å². The van der Waals surface area contributed by atoms with E-state index < -0.39 is 5.91 Å². The molecule has 148 valence electrons. The molecule has 2 heterocycles. The van der Waals surface area contributed by atoms with Gasteiger partial charge in [0.05, 0.1) is 17.3 Å². The number of methoxy groups -OCH3 is 1. The Morgan fingerprint density at radius 3 is 2.77 bits per heavy atom. The molecule has 1 N–H and O–H groups in total. The summed E-state index contributed by atoms with van der Waals surface area (Å²) in [6.45, 7) is 0. The summed E-state index contributed by atoms with van der Waals surface area (Å²) in [5, 5.41) is 12.5. The van der Waals surface area contributed by atoms with Gasteiger partial charge in [0.1, 0.15) is 28.9 Å². The number of rotatable bonds is 5. The van der Waals surface area contributed by atoms with Crippen LogP contribution in [0.4, 0.5) is 5.13 Å². The third kappa shape index (κ3) is 4.27. The number of aromatic nitrogens is 1. The molecule has 0 spiro atoms. The number of nitriles is 1. The molecule has 0 saturated heterocycles. The van der Waals surface area contributed by atoms with Crippen LogP contribution in [-0.2, 0) is 4.79 Å². The van der Waals surface area contributed by atoms with Gasteiger partial charge in [-0.3, -0.25) is 10.1 Å². The second kappa shape index (κ2) is 8.53. The molecule has 30 heavy (non-hydrogen) atoms. The molecule has 4 rings (SSSR count). The van der Waals surface area contributed by atoms with Gasteiger partial charge in [0.2, 0.25) is 0 Å². The molecule has 0 aliphatic heterocycles. The molecule has 2 aromatic carbocycles. The van der Waals surface area contributed by atoms with Gasteiger partial charge in [0.25, 0.3) is 5.91 Å². The van der Waals surface area contributed by atoms with E-state index in [1.807, 2.05) is 42.5 Å². The second-order valence-corrected chi connectivity index (χ2v) is 8.13. The lowest BCUT2D eigenvalue weighted by Gasteiger charge is -1.99. The van der Waals surface area contributed by atoms with E-state index in [1.165, 1.54) is 17.4 Å². The Morgan fingerprint density at radius 1 is 1.23 bits per heavy atom. The van der Waals surface area contributed by atoms with Gasteiger partial charge in [0.15, 0.2) is 5.13 Å². The van der Waals surface area contributed by atoms with E-state index in [4.69, 9.17) is 9.15 Å². The maximum atomic E-state index is 12.6. The Kier molecular flexibility index (Phi) is 5.65. The van der Waals surface area contributed by atoms with Crippen molar-refractivity contribution in [2.24, 2.45) is 0 Å². The number of halogens is 1. The highest BCUT2D eigenvalue weighted by atomic mass is 79.9. The normalized spacial score (nSPS) is 11.3. The summed E-state index contributed by atoms with van der Waals surface area (Å²) < 4.78 is 12.8. The van der Waals surface area contributed by atoms with Gasteiger partial charge >= 0.3 is 0 Å². The first-order valence-corrected chi connectivity index (χ1v) is 10.4. The van der Waals surface area contributed by atoms with Crippen molar-refractivity contribution in [3.05, 3.63) is 70.4 Å². The molecule has 0 aliphatic rings. The Labute approximate surface area is 184 Å². The smallest absolute Gasteiger partial charge is 0.268 e. The minimum atomic E-state index is -0.551. The van der Waals surface area contributed by atoms with Gasteiger partial charge in [-0.05, 0) is 42.5 Å². The molecular weight excluding hydrogens is 466 g/mol. The molecule has 0 fully saturated rings. The zero-order valence-corrected chi connectivity index (χ0v) is 18.1. The van der Waals surface area contributed by atoms with Crippen molar-refractivity contribution >= 4 is 54.6 Å². The predicted octanol–water partition coefficient (Wildman–Crippen LogP) is 5.87. The van der Waals surface area contributed by atoms with Gasteiger partial charge in [-0.15, -0.1) is 0 Å². The molecule has 0 saturated carbocycles. The topological polar surface area (TPSA) is 88.1 Å². The van der Waals surface area contributed by atoms with Crippen molar-refractivity contribution in [3.8, 4) is 23.1 Å². The number of furan rings is 1. The van der Waals surface area contributed by atoms with Crippen LogP contribution in [0, 0.1) is 11.3 Å². The van der Waals surface area contributed by atoms with Crippen molar-refractivity contribution < 1.29 is 13.9 Å². The first kappa shape index (κ1) is 19.9. The number of hydrogen-bond donors (Lipinski definition) is 1. The Bertz CT molecular complexity index is 1300. The average molecular weight is 480 g/mol. The maximum Gasteiger partial charge on any atom is 0.268 e. The summed E-state index contributed by atoms with van der Waals surface area (Å²) in [5.41, 5.74) is 1.55. The summed E-state index contributed by atoms with van der Waals surface area (Å²) in [4.78, 5) is 16.9. The molecule has 6 nitrogen and oxygen atoms in total. The fraction of sp³-hybridized carbons (Fsp3) is 0.0455. The van der Waals surface area contributed by atoms with E-state index in [0.29, 0.717) is 22.4 Å². The predicted molar refractivity (Wildman–Crippen MR) is 120 cm³/mol. The number of ether oxygens (including phenoxy) is 1. The van der Waals surface area contributed by atoms with Crippen molar-refractivity contribution in [2.45, 2.75) is 0 Å². The quantitative estimate of drug-likeness (QED) is 0.285. The van der Waals surface area contributed by atoms with Crippen molar-refractivity contribution in [1.29, 1.82) is 5.26 Å². The van der Waals surface area contributed by atoms with Crippen LogP contribution >= 0.6 is 27.3 Å². The van der Waals surface area contributed by atoms with Crippen LogP contribution in [0.25, 0.3) is 27.6 Å². The largest absolute Gasteiger partial charge is 0.497 e. The number of carbonyl (C=O) groups excluding carboxylic acids is 1. The molecule has 1 amide bonds. The first-order valence-electron chi connectivity index (χ1n) is 8.79. The highest BCUT2D eigenvalue weighted by Gasteiger charge is 2.14. The fourth-order valence-electron chi connectivity index (χ4n) is 2.74. The number of hydrogen-bond acceptors (Lipinski definition) is 6. The zero-order valence-electron chi connectivity index (χ0n) is 15.7. The Balaban J connectivity index is 1.53. The molecule has 0 unspecified atom stereocenters. The van der Waals surface area contributed by atoms with E-state index in [0.717, 1.165) is 20.3 Å². The summed E-state index contributed by atoms with van der Waals surface area (Å²) in [5.74, 6) is 1.21. The number of fused-ring (bicyclic) bond motifs is 1. The first-order chi connectivity index (χ1) is 14.6. The number of amides is 1. The lowest BCUT2D eigenvalue weighted by atomic mass is 10.2. The van der Waals surface area contributed by atoms with Crippen LogP contribution < -0.4 is 10.1 Å². The van der Waals surface area contributed by atoms with Crippen LogP contribution in [-0.4, -0.2) is 18.0 Å². The number of nitrogens with zero attached hydrogens (tertiary/aromatic N) is 2. The number of nitrogens with one attached hydrogen (secondary N) is 1. The van der Waals surface area contributed by atoms with E-state index in [-0.39, 0.29) is 5.57 Å². The third-order valence-electron chi connectivity index (χ3n) is 4.22. The van der Waals surface area contributed by atoms with Crippen molar-refractivity contribution in [1.82, 2.24) is 4.98 Å². The SMILES string of the molecule is COc1ccc2nc(NC(=O)/C(C#N)=C\c3ccc(-c4ccc(Br)cc4)o3)sc2c1. The summed E-state index contributed by atoms with van der Waals surface area (Å²) >= 11 is 4.70. The number of carbonyl (C=O) groups is 1. The van der Waals surface area contributed by atoms with Gasteiger partial charge in [-0.2, -0.15) is 5.26 Å². The van der Waals surface area contributed by atoms with Gasteiger partial charge in [-0.25, -0.2) is 4.98 Å². The molecule has 8 heteroatoms. The summed E-state index contributed by atoms with van der Waals surface area (Å²) in [6.07, 6.45) is 1.41. The summed E-state index contributed by atoms with van der Waals surface area (Å²) in [6, 6.07) is 18.5. The number of thiazole rings is 1. The van der Waals surface area contributed by atoms with Crippen molar-refractivity contribution in [3.63, 3.8) is 0 Å². The Morgan fingerprint density at radius 2 is 2.03 bits per heavy atom. The second-order valence-electron chi connectivity index (χ2n) is 6.19. The maximum absolute atomic E-state index is 12.6. The van der Waals surface area contributed by atoms with Gasteiger partial charge in [-0.1, -0.05) is 39.4 Å². The molecular formula is C22H14BrN3O3S. The average Bonchev–Trinajstić information content (AvgIpc) is 3.38. The molecule has 0 aliphatic carbocycles. The van der Waals surface area contributed by atoms with E-state index in [1.54, 1.807) is 25.3 Å². The minimum Gasteiger partial charge on any atom is -0.497 e. The number of benzene rings is 2. The van der Waals surface area contributed by atoms with Crippen LogP contribution in [0.3, 0.4) is 0 Å². The zero-order chi connectivity index (χ0) is 21.1. The lowest BCUT2D eigenvalue weighted by Crippen LogP contribution is -2.13. The van der Waals surface area contributed by atoms with E-state index in [9.17, 15) is 10.1 Å². The standard InChI is InChI=1S/C22H14BrN3O3S/c1-28-16-6-8-18-20(11-16)30-22(25-18)26-21(27)14(12-24)10-17-7-9-19(29-17)13-2-4-15(23)5-3-13/h2-11H,1H3,(H,25,26,27)/b14-10-. The molecule has 4 aromatic rings. The molecule has 0 bridgehead atoms. The van der Waals surface area contributed by atoms with Crippen LogP contribution in [0.2, 0.25) is 0 Å². The minimum absolute atomic E-state index is 0.0801. The van der Waals surface area contributed by atoms with Gasteiger partial charge in [0, 0.05) is 16.1 Å². The van der Waals surface area contributed by atoms with Crippen LogP contribution in [0.15, 0.2) is 69.1 Å². The molecule has 0 atom stereocenters. The van der Waals surface area contributed by atoms with Crippen molar-refractivity contribution in [2.75, 3.05) is 12.4 Å². The Hall–Kier alpha value is -3.41.